The van der Waals surface area contributed by atoms with Gasteiger partial charge in [-0.25, -0.2) is 9.59 Å². The number of halogens is 1. The third kappa shape index (κ3) is 5.28. The first-order valence-electron chi connectivity index (χ1n) is 7.61. The van der Waals surface area contributed by atoms with Gasteiger partial charge in [0, 0.05) is 18.1 Å². The molecule has 0 atom stereocenters. The minimum atomic E-state index is -0.352. The third-order valence-corrected chi connectivity index (χ3v) is 3.68. The minimum absolute atomic E-state index is 0.288. The maximum Gasteiger partial charge on any atom is 0.338 e. The molecule has 2 amide bonds. The van der Waals surface area contributed by atoms with Crippen LogP contribution in [0.15, 0.2) is 48.5 Å². The molecule has 5 nitrogen and oxygen atoms in total. The van der Waals surface area contributed by atoms with E-state index in [9.17, 15) is 9.59 Å². The Morgan fingerprint density at radius 3 is 2.33 bits per heavy atom. The first kappa shape index (κ1) is 17.8. The summed E-state index contributed by atoms with van der Waals surface area (Å²) >= 11 is 6.03. The molecule has 2 aromatic carbocycles. The highest BCUT2D eigenvalue weighted by Crippen LogP contribution is 2.14. The van der Waals surface area contributed by atoms with Crippen LogP contribution in [-0.2, 0) is 17.8 Å². The monoisotopic (exact) mass is 346 g/mol. The molecule has 24 heavy (non-hydrogen) atoms. The highest BCUT2D eigenvalue weighted by Gasteiger charge is 2.06. The van der Waals surface area contributed by atoms with Crippen molar-refractivity contribution in [1.82, 2.24) is 10.6 Å². The second-order valence-corrected chi connectivity index (χ2v) is 5.45. The van der Waals surface area contributed by atoms with Crippen LogP contribution in [0.5, 0.6) is 0 Å². The average molecular weight is 347 g/mol. The third-order valence-electron chi connectivity index (χ3n) is 3.32. The fourth-order valence-corrected chi connectivity index (χ4v) is 2.24. The average Bonchev–Trinajstić information content (AvgIpc) is 2.60. The predicted molar refractivity (Wildman–Crippen MR) is 92.9 cm³/mol. The second kappa shape index (κ2) is 8.93. The maximum atomic E-state index is 11.8. The van der Waals surface area contributed by atoms with Crippen LogP contribution in [0.2, 0.25) is 5.02 Å². The van der Waals surface area contributed by atoms with Gasteiger partial charge in [-0.05, 0) is 36.2 Å². The van der Waals surface area contributed by atoms with E-state index in [-0.39, 0.29) is 12.0 Å². The van der Waals surface area contributed by atoms with Crippen molar-refractivity contribution in [2.45, 2.75) is 20.0 Å². The molecule has 0 radical (unpaired) electrons. The highest BCUT2D eigenvalue weighted by molar-refractivity contribution is 6.31. The smallest absolute Gasteiger partial charge is 0.338 e. The van der Waals surface area contributed by atoms with Gasteiger partial charge in [-0.3, -0.25) is 0 Å². The van der Waals surface area contributed by atoms with Crippen LogP contribution in [0, 0.1) is 0 Å². The quantitative estimate of drug-likeness (QED) is 0.786. The zero-order valence-electron chi connectivity index (χ0n) is 13.3. The van der Waals surface area contributed by atoms with Crippen LogP contribution in [0.3, 0.4) is 0 Å². The molecule has 0 aliphatic carbocycles. The van der Waals surface area contributed by atoms with E-state index in [1.165, 1.54) is 0 Å². The van der Waals surface area contributed by atoms with Gasteiger partial charge in [0.1, 0.15) is 0 Å². The van der Waals surface area contributed by atoms with Gasteiger partial charge in [-0.15, -0.1) is 0 Å². The van der Waals surface area contributed by atoms with E-state index >= 15 is 0 Å². The standard InChI is InChI=1S/C18H19ClN2O3/c1-2-24-17(22)14-9-7-13(8-10-14)11-20-18(23)21-12-15-5-3-4-6-16(15)19/h3-10H,2,11-12H2,1H3,(H2,20,21,23). The van der Waals surface area contributed by atoms with Crippen molar-refractivity contribution in [3.8, 4) is 0 Å². The molecular weight excluding hydrogens is 328 g/mol. The summed E-state index contributed by atoms with van der Waals surface area (Å²) in [6.45, 7) is 2.82. The van der Waals surface area contributed by atoms with Crippen LogP contribution in [0.4, 0.5) is 4.79 Å². The number of carbonyl (C=O) groups excluding carboxylic acids is 2. The summed E-state index contributed by atoms with van der Waals surface area (Å²) in [4.78, 5) is 23.4. The van der Waals surface area contributed by atoms with E-state index in [0.717, 1.165) is 11.1 Å². The SMILES string of the molecule is CCOC(=O)c1ccc(CNC(=O)NCc2ccccc2Cl)cc1. The van der Waals surface area contributed by atoms with E-state index in [2.05, 4.69) is 10.6 Å². The molecule has 0 saturated carbocycles. The number of urea groups is 1. The molecule has 0 spiro atoms. The van der Waals surface area contributed by atoms with Gasteiger partial charge >= 0.3 is 12.0 Å². The van der Waals surface area contributed by atoms with E-state index in [0.29, 0.717) is 30.3 Å². The summed E-state index contributed by atoms with van der Waals surface area (Å²) < 4.78 is 4.92. The number of nitrogens with one attached hydrogen (secondary N) is 2. The zero-order chi connectivity index (χ0) is 17.4. The number of esters is 1. The molecule has 0 heterocycles. The van der Waals surface area contributed by atoms with Crippen molar-refractivity contribution in [2.75, 3.05) is 6.61 Å². The Hall–Kier alpha value is -2.53. The Kier molecular flexibility index (Phi) is 6.63. The van der Waals surface area contributed by atoms with Gasteiger partial charge in [0.05, 0.1) is 12.2 Å². The normalized spacial score (nSPS) is 10.1. The highest BCUT2D eigenvalue weighted by atomic mass is 35.5. The van der Waals surface area contributed by atoms with Crippen molar-refractivity contribution in [2.24, 2.45) is 0 Å². The number of ether oxygens (including phenoxy) is 1. The number of carbonyl (C=O) groups is 2. The van der Waals surface area contributed by atoms with Crippen LogP contribution in [0.1, 0.15) is 28.4 Å². The summed E-state index contributed by atoms with van der Waals surface area (Å²) in [7, 11) is 0. The van der Waals surface area contributed by atoms with Crippen LogP contribution < -0.4 is 10.6 Å². The molecular formula is C18H19ClN2O3. The van der Waals surface area contributed by atoms with E-state index in [4.69, 9.17) is 16.3 Å². The summed E-state index contributed by atoms with van der Waals surface area (Å²) in [5.41, 5.74) is 2.23. The molecule has 6 heteroatoms. The van der Waals surface area contributed by atoms with Gasteiger partial charge in [-0.1, -0.05) is 41.9 Å². The molecule has 2 N–H and O–H groups in total. The molecule has 0 bridgehead atoms. The van der Waals surface area contributed by atoms with Crippen molar-refractivity contribution in [3.63, 3.8) is 0 Å². The largest absolute Gasteiger partial charge is 0.462 e. The second-order valence-electron chi connectivity index (χ2n) is 5.05. The Labute approximate surface area is 146 Å². The topological polar surface area (TPSA) is 67.4 Å². The van der Waals surface area contributed by atoms with Crippen LogP contribution in [-0.4, -0.2) is 18.6 Å². The minimum Gasteiger partial charge on any atom is -0.462 e. The first-order chi connectivity index (χ1) is 11.6. The summed E-state index contributed by atoms with van der Waals surface area (Å²) in [6.07, 6.45) is 0. The van der Waals surface area contributed by atoms with Crippen LogP contribution in [0.25, 0.3) is 0 Å². The number of rotatable bonds is 6. The summed E-state index contributed by atoms with van der Waals surface area (Å²) in [5.74, 6) is -0.352. The van der Waals surface area contributed by atoms with Gasteiger partial charge in [0.25, 0.3) is 0 Å². The zero-order valence-corrected chi connectivity index (χ0v) is 14.1. The fourth-order valence-electron chi connectivity index (χ4n) is 2.04. The molecule has 2 aromatic rings. The number of hydrogen-bond acceptors (Lipinski definition) is 3. The van der Waals surface area contributed by atoms with Gasteiger partial charge in [0.15, 0.2) is 0 Å². The lowest BCUT2D eigenvalue weighted by atomic mass is 10.1. The molecule has 0 saturated heterocycles. The maximum absolute atomic E-state index is 11.8. The Morgan fingerprint density at radius 2 is 1.67 bits per heavy atom. The molecule has 0 aliphatic rings. The van der Waals surface area contributed by atoms with Gasteiger partial charge in [-0.2, -0.15) is 0 Å². The molecule has 0 fully saturated rings. The van der Waals surface area contributed by atoms with Crippen molar-refractivity contribution >= 4 is 23.6 Å². The summed E-state index contributed by atoms with van der Waals surface area (Å²) in [6, 6.07) is 14.0. The molecule has 2 rings (SSSR count). The lowest BCUT2D eigenvalue weighted by molar-refractivity contribution is 0.0526. The fraction of sp³-hybridized carbons (Fsp3) is 0.222. The summed E-state index contributed by atoms with van der Waals surface area (Å²) in [5, 5.41) is 6.12. The van der Waals surface area contributed by atoms with Crippen molar-refractivity contribution < 1.29 is 14.3 Å². The molecule has 0 aromatic heterocycles. The van der Waals surface area contributed by atoms with Crippen molar-refractivity contribution in [3.05, 3.63) is 70.2 Å². The van der Waals surface area contributed by atoms with Gasteiger partial charge in [0.2, 0.25) is 0 Å². The number of hydrogen-bond donors (Lipinski definition) is 2. The van der Waals surface area contributed by atoms with Crippen LogP contribution >= 0.6 is 11.6 Å². The van der Waals surface area contributed by atoms with E-state index in [1.54, 1.807) is 37.3 Å². The lowest BCUT2D eigenvalue weighted by Gasteiger charge is -2.09. The van der Waals surface area contributed by atoms with Crippen molar-refractivity contribution in [1.29, 1.82) is 0 Å². The molecule has 0 unspecified atom stereocenters. The first-order valence-corrected chi connectivity index (χ1v) is 7.99. The molecule has 126 valence electrons. The van der Waals surface area contributed by atoms with E-state index in [1.807, 2.05) is 18.2 Å². The number of benzene rings is 2. The Balaban J connectivity index is 1.79. The molecule has 0 aliphatic heterocycles. The van der Waals surface area contributed by atoms with E-state index < -0.39 is 0 Å². The predicted octanol–water partition coefficient (Wildman–Crippen LogP) is 3.52. The lowest BCUT2D eigenvalue weighted by Crippen LogP contribution is -2.34. The van der Waals surface area contributed by atoms with Gasteiger partial charge < -0.3 is 15.4 Å². The number of amides is 2. The Morgan fingerprint density at radius 1 is 1.00 bits per heavy atom. The Bertz CT molecular complexity index is 702.